The van der Waals surface area contributed by atoms with Crippen LogP contribution < -0.4 is 10.1 Å². The van der Waals surface area contributed by atoms with Crippen molar-refractivity contribution in [2.45, 2.75) is 52.1 Å². The lowest BCUT2D eigenvalue weighted by Crippen LogP contribution is -2.45. The molecule has 0 aliphatic carbocycles. The second-order valence-corrected chi connectivity index (χ2v) is 7.35. The Hall–Kier alpha value is -1.70. The summed E-state index contributed by atoms with van der Waals surface area (Å²) < 4.78 is 29.3. The zero-order valence-corrected chi connectivity index (χ0v) is 15.8. The van der Waals surface area contributed by atoms with Gasteiger partial charge in [0.05, 0.1) is 5.92 Å². The number of rotatable bonds is 9. The maximum absolute atomic E-state index is 12.6. The lowest BCUT2D eigenvalue weighted by molar-refractivity contribution is -0.126. The van der Waals surface area contributed by atoms with E-state index in [1.807, 2.05) is 0 Å². The van der Waals surface area contributed by atoms with Crippen molar-refractivity contribution in [2.75, 3.05) is 19.6 Å². The van der Waals surface area contributed by atoms with Gasteiger partial charge in [0.1, 0.15) is 10.6 Å². The highest BCUT2D eigenvalue weighted by Crippen LogP contribution is 2.29. The van der Waals surface area contributed by atoms with Gasteiger partial charge in [-0.05, 0) is 30.7 Å². The number of thiophene rings is 1. The fraction of sp³-hybridized carbons (Fsp3) is 0.667. The molecule has 1 aliphatic heterocycles. The summed E-state index contributed by atoms with van der Waals surface area (Å²) in [6.07, 6.45) is 5.81. The number of unbranched alkanes of at least 4 members (excludes halogenated alkanes) is 3. The molecule has 0 saturated carbocycles. The van der Waals surface area contributed by atoms with Gasteiger partial charge in [0.15, 0.2) is 0 Å². The molecule has 1 unspecified atom stereocenters. The SMILES string of the molecule is CCCCCCNC(=O)C1CCCN(C(=O)c2sccc2OC(F)F)C1. The fourth-order valence-corrected chi connectivity index (χ4v) is 3.86. The maximum Gasteiger partial charge on any atom is 0.387 e. The molecule has 0 spiro atoms. The van der Waals surface area contributed by atoms with Crippen LogP contribution in [0.25, 0.3) is 0 Å². The summed E-state index contributed by atoms with van der Waals surface area (Å²) in [6, 6.07) is 1.37. The highest BCUT2D eigenvalue weighted by atomic mass is 32.1. The van der Waals surface area contributed by atoms with Gasteiger partial charge in [-0.15, -0.1) is 11.3 Å². The molecule has 8 heteroatoms. The molecule has 0 bridgehead atoms. The first-order valence-corrected chi connectivity index (χ1v) is 10.00. The van der Waals surface area contributed by atoms with Crippen LogP contribution in [-0.2, 0) is 4.79 Å². The van der Waals surface area contributed by atoms with Crippen molar-refractivity contribution >= 4 is 23.2 Å². The van der Waals surface area contributed by atoms with Crippen LogP contribution in [0.3, 0.4) is 0 Å². The molecule has 1 atom stereocenters. The van der Waals surface area contributed by atoms with Crippen molar-refractivity contribution in [3.05, 3.63) is 16.3 Å². The van der Waals surface area contributed by atoms with E-state index >= 15 is 0 Å². The van der Waals surface area contributed by atoms with Crippen molar-refractivity contribution in [3.8, 4) is 5.75 Å². The molecule has 0 radical (unpaired) electrons. The minimum atomic E-state index is -2.97. The number of amides is 2. The van der Waals surface area contributed by atoms with Crippen molar-refractivity contribution in [3.63, 3.8) is 0 Å². The minimum absolute atomic E-state index is 0.0331. The van der Waals surface area contributed by atoms with Crippen LogP contribution in [0.1, 0.15) is 55.1 Å². The number of alkyl halides is 2. The Morgan fingerprint density at radius 3 is 2.92 bits per heavy atom. The van der Waals surface area contributed by atoms with Crippen LogP contribution in [0.4, 0.5) is 8.78 Å². The highest BCUT2D eigenvalue weighted by molar-refractivity contribution is 7.12. The first-order chi connectivity index (χ1) is 12.5. The molecule has 2 heterocycles. The van der Waals surface area contributed by atoms with E-state index < -0.39 is 6.61 Å². The quantitative estimate of drug-likeness (QED) is 0.653. The summed E-state index contributed by atoms with van der Waals surface area (Å²) in [5, 5.41) is 4.50. The Balaban J connectivity index is 1.88. The molecule has 146 valence electrons. The molecule has 2 rings (SSSR count). The molecule has 5 nitrogen and oxygen atoms in total. The molecule has 1 N–H and O–H groups in total. The van der Waals surface area contributed by atoms with Gasteiger partial charge in [0.25, 0.3) is 5.91 Å². The Labute approximate surface area is 156 Å². The monoisotopic (exact) mass is 388 g/mol. The van der Waals surface area contributed by atoms with Gasteiger partial charge in [-0.3, -0.25) is 9.59 Å². The largest absolute Gasteiger partial charge is 0.433 e. The second kappa shape index (κ2) is 10.4. The zero-order valence-electron chi connectivity index (χ0n) is 15.0. The molecule has 1 saturated heterocycles. The van der Waals surface area contributed by atoms with Crippen molar-refractivity contribution in [1.29, 1.82) is 0 Å². The topological polar surface area (TPSA) is 58.6 Å². The highest BCUT2D eigenvalue weighted by Gasteiger charge is 2.30. The summed E-state index contributed by atoms with van der Waals surface area (Å²) in [7, 11) is 0. The van der Waals surface area contributed by atoms with Gasteiger partial charge in [-0.1, -0.05) is 26.2 Å². The Bertz CT molecular complexity index is 595. The van der Waals surface area contributed by atoms with E-state index in [9.17, 15) is 18.4 Å². The number of likely N-dealkylation sites (tertiary alicyclic amines) is 1. The lowest BCUT2D eigenvalue weighted by Gasteiger charge is -2.32. The normalized spacial score (nSPS) is 17.4. The van der Waals surface area contributed by atoms with Crippen LogP contribution in [0, 0.1) is 5.92 Å². The standard InChI is InChI=1S/C18H26F2N2O3S/c1-2-3-4-5-9-21-16(23)13-7-6-10-22(12-13)17(24)15-14(8-11-26-15)25-18(19)20/h8,11,13,18H,2-7,9-10,12H2,1H3,(H,21,23). The third-order valence-electron chi connectivity index (χ3n) is 4.45. The van der Waals surface area contributed by atoms with Crippen LogP contribution >= 0.6 is 11.3 Å². The number of carbonyl (C=O) groups excluding carboxylic acids is 2. The molecular weight excluding hydrogens is 362 g/mol. The molecular formula is C18H26F2N2O3S. The van der Waals surface area contributed by atoms with E-state index in [0.717, 1.165) is 49.9 Å². The smallest absolute Gasteiger partial charge is 0.387 e. The van der Waals surface area contributed by atoms with Gasteiger partial charge < -0.3 is 15.0 Å². The van der Waals surface area contributed by atoms with E-state index in [-0.39, 0.29) is 28.4 Å². The summed E-state index contributed by atoms with van der Waals surface area (Å²) in [5.41, 5.74) is 0. The van der Waals surface area contributed by atoms with Gasteiger partial charge in [0, 0.05) is 19.6 Å². The number of carbonyl (C=O) groups is 2. The number of hydrogen-bond donors (Lipinski definition) is 1. The Morgan fingerprint density at radius 2 is 2.19 bits per heavy atom. The summed E-state index contributed by atoms with van der Waals surface area (Å²) >= 11 is 1.07. The number of hydrogen-bond acceptors (Lipinski definition) is 4. The van der Waals surface area contributed by atoms with E-state index in [0.29, 0.717) is 19.6 Å². The number of ether oxygens (including phenoxy) is 1. The third-order valence-corrected chi connectivity index (χ3v) is 5.33. The number of halogens is 2. The summed E-state index contributed by atoms with van der Waals surface area (Å²) in [6.45, 7) is 0.651. The van der Waals surface area contributed by atoms with E-state index in [2.05, 4.69) is 17.0 Å². The Morgan fingerprint density at radius 1 is 1.38 bits per heavy atom. The van der Waals surface area contributed by atoms with E-state index in [4.69, 9.17) is 0 Å². The molecule has 1 aliphatic rings. The molecule has 1 aromatic heterocycles. The average Bonchev–Trinajstić information content (AvgIpc) is 3.08. The minimum Gasteiger partial charge on any atom is -0.433 e. The summed E-state index contributed by atoms with van der Waals surface area (Å²) in [4.78, 5) is 26.7. The fourth-order valence-electron chi connectivity index (χ4n) is 3.07. The van der Waals surface area contributed by atoms with Crippen molar-refractivity contribution < 1.29 is 23.1 Å². The zero-order chi connectivity index (χ0) is 18.9. The first-order valence-electron chi connectivity index (χ1n) is 9.12. The predicted molar refractivity (Wildman–Crippen MR) is 96.7 cm³/mol. The summed E-state index contributed by atoms with van der Waals surface area (Å²) in [5.74, 6) is -0.735. The molecule has 2 amide bonds. The van der Waals surface area contributed by atoms with Gasteiger partial charge >= 0.3 is 6.61 Å². The van der Waals surface area contributed by atoms with Crippen LogP contribution in [0.15, 0.2) is 11.4 Å². The predicted octanol–water partition coefficient (Wildman–Crippen LogP) is 3.90. The second-order valence-electron chi connectivity index (χ2n) is 6.43. The van der Waals surface area contributed by atoms with Crippen LogP contribution in [0.2, 0.25) is 0 Å². The average molecular weight is 388 g/mol. The number of nitrogens with one attached hydrogen (secondary N) is 1. The van der Waals surface area contributed by atoms with Crippen molar-refractivity contribution in [2.24, 2.45) is 5.92 Å². The van der Waals surface area contributed by atoms with Crippen molar-refractivity contribution in [1.82, 2.24) is 10.2 Å². The van der Waals surface area contributed by atoms with Crippen LogP contribution in [-0.4, -0.2) is 43.0 Å². The lowest BCUT2D eigenvalue weighted by atomic mass is 9.97. The van der Waals surface area contributed by atoms with Gasteiger partial charge in [0.2, 0.25) is 5.91 Å². The maximum atomic E-state index is 12.6. The molecule has 1 fully saturated rings. The van der Waals surface area contributed by atoms with Crippen LogP contribution in [0.5, 0.6) is 5.75 Å². The third kappa shape index (κ3) is 5.93. The Kier molecular flexibility index (Phi) is 8.28. The molecule has 26 heavy (non-hydrogen) atoms. The van der Waals surface area contributed by atoms with Gasteiger partial charge in [-0.25, -0.2) is 0 Å². The number of piperidine rings is 1. The molecule has 1 aromatic rings. The van der Waals surface area contributed by atoms with E-state index in [1.54, 1.807) is 10.3 Å². The molecule has 0 aromatic carbocycles. The van der Waals surface area contributed by atoms with E-state index in [1.165, 1.54) is 6.07 Å². The van der Waals surface area contributed by atoms with Gasteiger partial charge in [-0.2, -0.15) is 8.78 Å². The number of nitrogens with zero attached hydrogens (tertiary/aromatic N) is 1. The first kappa shape index (κ1) is 20.6.